The Hall–Kier alpha value is -0.610. The van der Waals surface area contributed by atoms with E-state index in [1.807, 2.05) is 0 Å². The van der Waals surface area contributed by atoms with E-state index in [-0.39, 0.29) is 5.91 Å². The van der Waals surface area contributed by atoms with Crippen LogP contribution in [0.4, 0.5) is 0 Å². The van der Waals surface area contributed by atoms with Gasteiger partial charge >= 0.3 is 0 Å². The van der Waals surface area contributed by atoms with Gasteiger partial charge in [0.05, 0.1) is 0 Å². The van der Waals surface area contributed by atoms with Crippen LogP contribution in [0.3, 0.4) is 0 Å². The molecule has 0 bridgehead atoms. The topological polar surface area (TPSA) is 81.1 Å². The van der Waals surface area contributed by atoms with E-state index in [1.165, 1.54) is 6.92 Å². The van der Waals surface area contributed by atoms with Gasteiger partial charge in [-0.1, -0.05) is 0 Å². The first-order chi connectivity index (χ1) is 3.27. The quantitative estimate of drug-likeness (QED) is 0.261. The highest BCUT2D eigenvalue weighted by Gasteiger charge is 1.72. The van der Waals surface area contributed by atoms with Crippen molar-refractivity contribution in [3.05, 3.63) is 0 Å². The Labute approximate surface area is 42.8 Å². The van der Waals surface area contributed by atoms with Crippen molar-refractivity contribution in [2.45, 2.75) is 6.92 Å². The van der Waals surface area contributed by atoms with Gasteiger partial charge in [0, 0.05) is 14.0 Å². The number of amides is 1. The zero-order valence-electron chi connectivity index (χ0n) is 4.56. The van der Waals surface area contributed by atoms with E-state index in [9.17, 15) is 4.79 Å². The van der Waals surface area contributed by atoms with Crippen LogP contribution in [-0.2, 0) is 4.79 Å². The van der Waals surface area contributed by atoms with Gasteiger partial charge in [-0.25, -0.2) is 0 Å². The molecule has 0 rings (SSSR count). The molecule has 0 unspecified atom stereocenters. The third kappa shape index (κ3) is 32.1. The fourth-order valence-corrected chi connectivity index (χ4v) is 0. The van der Waals surface area contributed by atoms with E-state index < -0.39 is 0 Å². The molecule has 0 aliphatic heterocycles. The second-order valence-electron chi connectivity index (χ2n) is 0.806. The van der Waals surface area contributed by atoms with Crippen molar-refractivity contribution in [3.8, 4) is 0 Å². The summed E-state index contributed by atoms with van der Waals surface area (Å²) in [6.07, 6.45) is 0. The monoisotopic (exact) mass is 105 g/mol. The van der Waals surface area contributed by atoms with Crippen molar-refractivity contribution in [1.29, 1.82) is 0 Å². The third-order valence-electron chi connectivity index (χ3n) is 0.352. The Morgan fingerprint density at radius 2 is 1.71 bits per heavy atom. The van der Waals surface area contributed by atoms with Crippen LogP contribution in [0.1, 0.15) is 6.92 Å². The predicted molar refractivity (Wildman–Crippen MR) is 28.1 cm³/mol. The third-order valence-corrected chi connectivity index (χ3v) is 0.352. The molecule has 4 nitrogen and oxygen atoms in total. The molecule has 0 heterocycles. The molecule has 0 aliphatic carbocycles. The highest BCUT2D eigenvalue weighted by molar-refractivity contribution is 5.72. The van der Waals surface area contributed by atoms with Gasteiger partial charge in [-0.2, -0.15) is 0 Å². The summed E-state index contributed by atoms with van der Waals surface area (Å²) >= 11 is 0. The molecule has 0 radical (unpaired) electrons. The summed E-state index contributed by atoms with van der Waals surface area (Å²) in [7, 11) is 1.60. The van der Waals surface area contributed by atoms with Gasteiger partial charge < -0.3 is 5.32 Å². The Bertz CT molecular complexity index is 45.4. The van der Waals surface area contributed by atoms with Crippen LogP contribution >= 0.6 is 0 Å². The van der Waals surface area contributed by atoms with Crippen LogP contribution in [0, 0.1) is 0 Å². The van der Waals surface area contributed by atoms with Crippen LogP contribution in [0.2, 0.25) is 0 Å². The first kappa shape index (κ1) is 9.63. The summed E-state index contributed by atoms with van der Waals surface area (Å²) < 4.78 is 0. The maximum Gasteiger partial charge on any atom is 0.216 e. The summed E-state index contributed by atoms with van der Waals surface area (Å²) in [5.74, 6) is 8.00. The minimum Gasteiger partial charge on any atom is -0.359 e. The number of hydrogen-bond acceptors (Lipinski definition) is 3. The van der Waals surface area contributed by atoms with Crippen LogP contribution < -0.4 is 17.0 Å². The lowest BCUT2D eigenvalue weighted by molar-refractivity contribution is -0.118. The Balaban J connectivity index is 0. The molecule has 0 saturated heterocycles. The average molecular weight is 105 g/mol. The van der Waals surface area contributed by atoms with Crippen LogP contribution in [-0.4, -0.2) is 13.0 Å². The number of hydrazine groups is 1. The largest absolute Gasteiger partial charge is 0.359 e. The van der Waals surface area contributed by atoms with Crippen molar-refractivity contribution in [3.63, 3.8) is 0 Å². The molecule has 4 heteroatoms. The zero-order valence-corrected chi connectivity index (χ0v) is 4.56. The number of rotatable bonds is 0. The van der Waals surface area contributed by atoms with E-state index in [4.69, 9.17) is 0 Å². The fourth-order valence-electron chi connectivity index (χ4n) is 0. The Kier molecular flexibility index (Phi) is 12.4. The molecule has 0 spiro atoms. The second-order valence-corrected chi connectivity index (χ2v) is 0.806. The van der Waals surface area contributed by atoms with Gasteiger partial charge in [-0.3, -0.25) is 16.5 Å². The highest BCUT2D eigenvalue weighted by atomic mass is 16.1. The van der Waals surface area contributed by atoms with Crippen LogP contribution in [0.25, 0.3) is 0 Å². The first-order valence-electron chi connectivity index (χ1n) is 1.79. The highest BCUT2D eigenvalue weighted by Crippen LogP contribution is 1.45. The number of nitrogens with one attached hydrogen (secondary N) is 1. The van der Waals surface area contributed by atoms with Gasteiger partial charge in [0.25, 0.3) is 0 Å². The summed E-state index contributed by atoms with van der Waals surface area (Å²) in [5, 5.41) is 2.39. The van der Waals surface area contributed by atoms with Gasteiger partial charge in [-0.05, 0) is 0 Å². The molecular formula is C3H11N3O. The molecule has 0 aromatic heterocycles. The van der Waals surface area contributed by atoms with Crippen molar-refractivity contribution < 1.29 is 4.79 Å². The number of carbonyl (C=O) groups is 1. The Morgan fingerprint density at radius 3 is 1.71 bits per heavy atom. The summed E-state index contributed by atoms with van der Waals surface area (Å²) in [4.78, 5) is 9.70. The zero-order chi connectivity index (χ0) is 6.28. The minimum absolute atomic E-state index is 0.00463. The van der Waals surface area contributed by atoms with Gasteiger partial charge in [0.1, 0.15) is 0 Å². The minimum atomic E-state index is 0.00463. The molecule has 0 aromatic carbocycles. The van der Waals surface area contributed by atoms with E-state index in [2.05, 4.69) is 17.0 Å². The van der Waals surface area contributed by atoms with Gasteiger partial charge in [-0.15, -0.1) is 0 Å². The number of hydrogen-bond donors (Lipinski definition) is 3. The lowest BCUT2D eigenvalue weighted by Gasteiger charge is -1.80. The second kappa shape index (κ2) is 9.04. The average Bonchev–Trinajstić information content (AvgIpc) is 1.73. The number of carbonyl (C=O) groups excluding carboxylic acids is 1. The SMILES string of the molecule is CNC(C)=O.NN. The van der Waals surface area contributed by atoms with Crippen molar-refractivity contribution in [2.75, 3.05) is 7.05 Å². The molecule has 0 saturated carbocycles. The standard InChI is InChI=1S/C3H7NO.H4N2/c1-3(5)4-2;1-2/h1-2H3,(H,4,5);1-2H2. The van der Waals surface area contributed by atoms with Crippen LogP contribution in [0.15, 0.2) is 0 Å². The maximum absolute atomic E-state index is 9.70. The van der Waals surface area contributed by atoms with Gasteiger partial charge in [0.2, 0.25) is 5.91 Å². The molecule has 44 valence electrons. The van der Waals surface area contributed by atoms with E-state index in [0.717, 1.165) is 0 Å². The van der Waals surface area contributed by atoms with Crippen molar-refractivity contribution in [1.82, 2.24) is 5.32 Å². The first-order valence-corrected chi connectivity index (χ1v) is 1.79. The number of nitrogens with two attached hydrogens (primary N) is 2. The lowest BCUT2D eigenvalue weighted by Crippen LogP contribution is -2.11. The van der Waals surface area contributed by atoms with Crippen molar-refractivity contribution >= 4 is 5.91 Å². The molecule has 0 atom stereocenters. The molecule has 0 aliphatic rings. The summed E-state index contributed by atoms with van der Waals surface area (Å²) in [6, 6.07) is 0. The maximum atomic E-state index is 9.70. The molecule has 1 amide bonds. The smallest absolute Gasteiger partial charge is 0.216 e. The predicted octanol–water partition coefficient (Wildman–Crippen LogP) is -1.43. The van der Waals surface area contributed by atoms with E-state index in [0.29, 0.717) is 0 Å². The normalized spacial score (nSPS) is 5.71. The molecular weight excluding hydrogens is 94.1 g/mol. The van der Waals surface area contributed by atoms with Crippen molar-refractivity contribution in [2.24, 2.45) is 11.7 Å². The van der Waals surface area contributed by atoms with E-state index in [1.54, 1.807) is 7.05 Å². The lowest BCUT2D eigenvalue weighted by atomic mass is 10.7. The fraction of sp³-hybridized carbons (Fsp3) is 0.667. The van der Waals surface area contributed by atoms with E-state index >= 15 is 0 Å². The van der Waals surface area contributed by atoms with Gasteiger partial charge in [0.15, 0.2) is 0 Å². The summed E-state index contributed by atoms with van der Waals surface area (Å²) in [6.45, 7) is 1.47. The molecule has 7 heavy (non-hydrogen) atoms. The molecule has 0 aromatic rings. The van der Waals surface area contributed by atoms with Crippen LogP contribution in [0.5, 0.6) is 0 Å². The Morgan fingerprint density at radius 1 is 1.57 bits per heavy atom. The molecule has 5 N–H and O–H groups in total. The molecule has 0 fully saturated rings. The summed E-state index contributed by atoms with van der Waals surface area (Å²) in [5.41, 5.74) is 0.